The Bertz CT molecular complexity index is 1550. The van der Waals surface area contributed by atoms with Crippen LogP contribution in [-0.2, 0) is 6.54 Å². The van der Waals surface area contributed by atoms with Crippen LogP contribution in [-0.4, -0.2) is 72.5 Å². The van der Waals surface area contributed by atoms with Gasteiger partial charge < -0.3 is 14.8 Å². The van der Waals surface area contributed by atoms with E-state index in [0.717, 1.165) is 34.6 Å². The average Bonchev–Trinajstić information content (AvgIpc) is 3.55. The minimum Gasteiger partial charge on any atom is -0.365 e. The molecule has 3 N–H and O–H groups in total. The van der Waals surface area contributed by atoms with Crippen LogP contribution in [0, 0.1) is 0 Å². The smallest absolute Gasteiger partial charge is 0.290 e. The Balaban J connectivity index is 1.49. The zero-order valence-corrected chi connectivity index (χ0v) is 21.4. The molecular formula is C26H30N10O. The van der Waals surface area contributed by atoms with Crippen molar-refractivity contribution in [3.05, 3.63) is 70.3 Å². The molecule has 37 heavy (non-hydrogen) atoms. The average molecular weight is 499 g/mol. The van der Waals surface area contributed by atoms with Gasteiger partial charge in [0.25, 0.3) is 5.56 Å². The molecule has 0 spiro atoms. The first kappa shape index (κ1) is 24.3. The highest BCUT2D eigenvalue weighted by Gasteiger charge is 2.20. The summed E-state index contributed by atoms with van der Waals surface area (Å²) < 4.78 is 2.00. The second-order valence-electron chi connectivity index (χ2n) is 9.52. The summed E-state index contributed by atoms with van der Waals surface area (Å²) in [7, 11) is 4.02. The number of H-pyrrole nitrogens is 2. The first-order valence-electron chi connectivity index (χ1n) is 12.2. The third-order valence-electron chi connectivity index (χ3n) is 6.19. The molecule has 190 valence electrons. The molecule has 5 rings (SSSR count). The van der Waals surface area contributed by atoms with E-state index >= 15 is 0 Å². The molecule has 5 aromatic rings. The number of rotatable bonds is 9. The largest absolute Gasteiger partial charge is 0.365 e. The van der Waals surface area contributed by atoms with Crippen LogP contribution in [0.25, 0.3) is 33.5 Å². The predicted octanol–water partition coefficient (Wildman–Crippen LogP) is 3.11. The van der Waals surface area contributed by atoms with Crippen LogP contribution >= 0.6 is 0 Å². The molecule has 0 unspecified atom stereocenters. The summed E-state index contributed by atoms with van der Waals surface area (Å²) in [6.07, 6.45) is 0. The molecule has 0 aliphatic carbocycles. The maximum absolute atomic E-state index is 12.9. The molecular weight excluding hydrogens is 468 g/mol. The summed E-state index contributed by atoms with van der Waals surface area (Å²) in [6.45, 7) is 6.20. The molecule has 0 bridgehead atoms. The van der Waals surface area contributed by atoms with Crippen LogP contribution in [0.1, 0.15) is 31.2 Å². The SMILES string of the molecule is CC(C)c1nc2c(NCCN(C)C)n[nH]c(=O)c2n1Cc1ccc(-c2ccccc2-c2nn[nH]n2)cc1. The van der Waals surface area contributed by atoms with Crippen molar-refractivity contribution in [2.45, 2.75) is 26.3 Å². The highest BCUT2D eigenvalue weighted by atomic mass is 16.1. The van der Waals surface area contributed by atoms with Gasteiger partial charge in [0.2, 0.25) is 5.82 Å². The zero-order chi connectivity index (χ0) is 25.9. The van der Waals surface area contributed by atoms with E-state index in [2.05, 4.69) is 79.2 Å². The highest BCUT2D eigenvalue weighted by molar-refractivity contribution is 5.85. The molecule has 0 amide bonds. The molecule has 0 atom stereocenters. The Kier molecular flexibility index (Phi) is 6.78. The number of aromatic amines is 2. The molecule has 0 aliphatic heterocycles. The van der Waals surface area contributed by atoms with Gasteiger partial charge in [-0.3, -0.25) is 4.79 Å². The molecule has 11 heteroatoms. The summed E-state index contributed by atoms with van der Waals surface area (Å²) in [4.78, 5) is 19.8. The number of imidazole rings is 1. The molecule has 0 radical (unpaired) electrons. The fourth-order valence-corrected chi connectivity index (χ4v) is 4.38. The van der Waals surface area contributed by atoms with E-state index in [1.165, 1.54) is 0 Å². The Morgan fingerprint density at radius 2 is 1.78 bits per heavy atom. The molecule has 3 aromatic heterocycles. The van der Waals surface area contributed by atoms with Gasteiger partial charge >= 0.3 is 0 Å². The Labute approximate surface area is 213 Å². The second kappa shape index (κ2) is 10.3. The van der Waals surface area contributed by atoms with Crippen molar-refractivity contribution in [1.82, 2.24) is 45.3 Å². The molecule has 3 heterocycles. The monoisotopic (exact) mass is 498 g/mol. The summed E-state index contributed by atoms with van der Waals surface area (Å²) in [5.74, 6) is 2.11. The zero-order valence-electron chi connectivity index (χ0n) is 21.4. The van der Waals surface area contributed by atoms with E-state index in [1.54, 1.807) is 0 Å². The minimum atomic E-state index is -0.252. The van der Waals surface area contributed by atoms with Gasteiger partial charge in [0.05, 0.1) is 0 Å². The van der Waals surface area contributed by atoms with Crippen LogP contribution in [0.2, 0.25) is 0 Å². The molecule has 0 aliphatic rings. The second-order valence-corrected chi connectivity index (χ2v) is 9.52. The number of hydrogen-bond donors (Lipinski definition) is 3. The highest BCUT2D eigenvalue weighted by Crippen LogP contribution is 2.30. The normalized spacial score (nSPS) is 11.6. The third-order valence-corrected chi connectivity index (χ3v) is 6.19. The van der Waals surface area contributed by atoms with E-state index in [-0.39, 0.29) is 11.5 Å². The van der Waals surface area contributed by atoms with Crippen LogP contribution in [0.4, 0.5) is 5.82 Å². The van der Waals surface area contributed by atoms with Crippen molar-refractivity contribution in [3.63, 3.8) is 0 Å². The van der Waals surface area contributed by atoms with E-state index in [9.17, 15) is 4.79 Å². The number of nitrogens with zero attached hydrogens (tertiary/aromatic N) is 7. The minimum absolute atomic E-state index is 0.127. The fraction of sp³-hybridized carbons (Fsp3) is 0.308. The van der Waals surface area contributed by atoms with Crippen molar-refractivity contribution in [1.29, 1.82) is 0 Å². The summed E-state index contributed by atoms with van der Waals surface area (Å²) >= 11 is 0. The van der Waals surface area contributed by atoms with Gasteiger partial charge in [0.15, 0.2) is 5.82 Å². The lowest BCUT2D eigenvalue weighted by Crippen LogP contribution is -2.22. The van der Waals surface area contributed by atoms with Crippen LogP contribution in [0.5, 0.6) is 0 Å². The van der Waals surface area contributed by atoms with Crippen LogP contribution < -0.4 is 10.9 Å². The first-order valence-corrected chi connectivity index (χ1v) is 12.2. The number of benzene rings is 2. The van der Waals surface area contributed by atoms with Crippen LogP contribution in [0.15, 0.2) is 53.3 Å². The van der Waals surface area contributed by atoms with E-state index < -0.39 is 0 Å². The van der Waals surface area contributed by atoms with Gasteiger partial charge in [-0.2, -0.15) is 10.3 Å². The maximum Gasteiger partial charge on any atom is 0.290 e. The van der Waals surface area contributed by atoms with Crippen molar-refractivity contribution in [3.8, 4) is 22.5 Å². The summed E-state index contributed by atoms with van der Waals surface area (Å²) in [5, 5.41) is 24.7. The van der Waals surface area contributed by atoms with Crippen molar-refractivity contribution < 1.29 is 0 Å². The summed E-state index contributed by atoms with van der Waals surface area (Å²) in [5.41, 5.74) is 4.88. The standard InChI is InChI=1S/C26H30N10O/c1-16(2)25-28-21-22(26(37)32-29-24(21)27-13-14-35(3)4)36(25)15-17-9-11-18(12-10-17)19-7-5-6-8-20(19)23-30-33-34-31-23/h5-12,16H,13-15H2,1-4H3,(H,27,29)(H,32,37)(H,30,31,33,34). The number of fused-ring (bicyclic) bond motifs is 1. The van der Waals surface area contributed by atoms with Crippen molar-refractivity contribution in [2.75, 3.05) is 32.5 Å². The predicted molar refractivity (Wildman–Crippen MR) is 143 cm³/mol. The quantitative estimate of drug-likeness (QED) is 0.282. The summed E-state index contributed by atoms with van der Waals surface area (Å²) in [6, 6.07) is 16.3. The lowest BCUT2D eigenvalue weighted by atomic mass is 9.98. The number of nitrogens with one attached hydrogen (secondary N) is 3. The molecule has 11 nitrogen and oxygen atoms in total. The van der Waals surface area contributed by atoms with Crippen molar-refractivity contribution in [2.24, 2.45) is 0 Å². The van der Waals surface area contributed by atoms with Gasteiger partial charge in [0.1, 0.15) is 16.9 Å². The number of anilines is 1. The molecule has 2 aromatic carbocycles. The number of hydrogen-bond acceptors (Lipinski definition) is 8. The number of likely N-dealkylation sites (N-methyl/N-ethyl adjacent to an activating group) is 1. The Morgan fingerprint density at radius 1 is 1.03 bits per heavy atom. The van der Waals surface area contributed by atoms with E-state index in [1.807, 2.05) is 42.9 Å². The fourth-order valence-electron chi connectivity index (χ4n) is 4.38. The topological polar surface area (TPSA) is 133 Å². The van der Waals surface area contributed by atoms with Crippen LogP contribution in [0.3, 0.4) is 0 Å². The van der Waals surface area contributed by atoms with E-state index in [4.69, 9.17) is 4.98 Å². The molecule has 0 fully saturated rings. The van der Waals surface area contributed by atoms with Gasteiger partial charge in [-0.15, -0.1) is 10.2 Å². The Morgan fingerprint density at radius 3 is 2.46 bits per heavy atom. The Hall–Kier alpha value is -4.38. The van der Waals surface area contributed by atoms with Gasteiger partial charge in [-0.05, 0) is 36.0 Å². The maximum atomic E-state index is 12.9. The van der Waals surface area contributed by atoms with Gasteiger partial charge in [0, 0.05) is 31.1 Å². The number of tetrazole rings is 1. The first-order chi connectivity index (χ1) is 17.9. The van der Waals surface area contributed by atoms with Gasteiger partial charge in [-0.25, -0.2) is 10.1 Å². The lowest BCUT2D eigenvalue weighted by molar-refractivity contribution is 0.425. The lowest BCUT2D eigenvalue weighted by Gasteiger charge is -2.13. The van der Waals surface area contributed by atoms with E-state index in [0.29, 0.717) is 35.8 Å². The van der Waals surface area contributed by atoms with Crippen molar-refractivity contribution >= 4 is 16.9 Å². The molecule has 0 saturated carbocycles. The molecule has 0 saturated heterocycles. The van der Waals surface area contributed by atoms with Gasteiger partial charge in [-0.1, -0.05) is 62.4 Å². The number of aromatic nitrogens is 8. The third kappa shape index (κ3) is 4.98.